The monoisotopic (exact) mass is 302 g/mol. The molecule has 0 aliphatic heterocycles. The zero-order valence-electron chi connectivity index (χ0n) is 11.3. The number of aromatic nitrogens is 4. The predicted octanol–water partition coefficient (Wildman–Crippen LogP) is 3.49. The summed E-state index contributed by atoms with van der Waals surface area (Å²) in [6.45, 7) is 2.49. The molecule has 0 saturated carbocycles. The maximum atomic E-state index is 13.5. The fourth-order valence-electron chi connectivity index (χ4n) is 2.07. The zero-order valence-corrected chi connectivity index (χ0v) is 12.0. The first-order chi connectivity index (χ1) is 10.1. The van der Waals surface area contributed by atoms with Crippen molar-refractivity contribution in [1.82, 2.24) is 19.7 Å². The van der Waals surface area contributed by atoms with Crippen LogP contribution in [0.15, 0.2) is 42.9 Å². The maximum absolute atomic E-state index is 13.5. The first-order valence-electron chi connectivity index (χ1n) is 6.38. The largest absolute Gasteiger partial charge is 0.329 e. The van der Waals surface area contributed by atoms with E-state index in [2.05, 4.69) is 15.2 Å². The molecule has 6 heteroatoms. The number of aryl methyl sites for hydroxylation is 1. The smallest absolute Gasteiger partial charge is 0.142 e. The van der Waals surface area contributed by atoms with Crippen LogP contribution in [0.1, 0.15) is 11.5 Å². The molecule has 0 spiro atoms. The van der Waals surface area contributed by atoms with E-state index in [1.54, 1.807) is 18.5 Å². The lowest BCUT2D eigenvalue weighted by Crippen LogP contribution is -2.04. The summed E-state index contributed by atoms with van der Waals surface area (Å²) < 4.78 is 15.5. The lowest BCUT2D eigenvalue weighted by atomic mass is 10.1. The fourth-order valence-corrected chi connectivity index (χ4v) is 2.18. The summed E-state index contributed by atoms with van der Waals surface area (Å²) in [6.07, 6.45) is 5.22. The van der Waals surface area contributed by atoms with Crippen LogP contribution in [0.5, 0.6) is 0 Å². The lowest BCUT2D eigenvalue weighted by molar-refractivity contribution is 0.629. The van der Waals surface area contributed by atoms with Crippen LogP contribution < -0.4 is 0 Å². The van der Waals surface area contributed by atoms with E-state index in [0.29, 0.717) is 6.54 Å². The number of hydrogen-bond donors (Lipinski definition) is 0. The van der Waals surface area contributed by atoms with Gasteiger partial charge in [0.05, 0.1) is 23.5 Å². The van der Waals surface area contributed by atoms with E-state index >= 15 is 0 Å². The van der Waals surface area contributed by atoms with Crippen LogP contribution in [0.3, 0.4) is 0 Å². The van der Waals surface area contributed by atoms with Crippen molar-refractivity contribution >= 4 is 11.6 Å². The second-order valence-corrected chi connectivity index (χ2v) is 5.07. The van der Waals surface area contributed by atoms with Crippen molar-refractivity contribution in [2.24, 2.45) is 0 Å². The molecule has 0 N–H and O–H groups in total. The van der Waals surface area contributed by atoms with Gasteiger partial charge in [0.25, 0.3) is 0 Å². The highest BCUT2D eigenvalue weighted by atomic mass is 35.5. The van der Waals surface area contributed by atoms with E-state index in [9.17, 15) is 4.39 Å². The summed E-state index contributed by atoms with van der Waals surface area (Å²) in [5, 5.41) is 8.19. The second-order valence-electron chi connectivity index (χ2n) is 4.67. The Morgan fingerprint density at radius 1 is 1.24 bits per heavy atom. The Balaban J connectivity index is 1.92. The second kappa shape index (κ2) is 5.61. The van der Waals surface area contributed by atoms with Crippen molar-refractivity contribution in [2.75, 3.05) is 0 Å². The van der Waals surface area contributed by atoms with Crippen molar-refractivity contribution < 1.29 is 4.39 Å². The zero-order chi connectivity index (χ0) is 14.8. The van der Waals surface area contributed by atoms with E-state index in [4.69, 9.17) is 11.6 Å². The summed E-state index contributed by atoms with van der Waals surface area (Å²) in [7, 11) is 0. The number of benzene rings is 1. The predicted molar refractivity (Wildman–Crippen MR) is 78.5 cm³/mol. The molecule has 0 atom stereocenters. The fraction of sp³-hybridized carbons (Fsp3) is 0.133. The third-order valence-corrected chi connectivity index (χ3v) is 3.52. The summed E-state index contributed by atoms with van der Waals surface area (Å²) in [5.41, 5.74) is 2.30. The maximum Gasteiger partial charge on any atom is 0.142 e. The first kappa shape index (κ1) is 13.7. The van der Waals surface area contributed by atoms with Crippen molar-refractivity contribution in [2.45, 2.75) is 13.5 Å². The Bertz CT molecular complexity index is 785. The Hall–Kier alpha value is -2.27. The van der Waals surface area contributed by atoms with Crippen LogP contribution in [0, 0.1) is 12.7 Å². The van der Waals surface area contributed by atoms with E-state index in [1.165, 1.54) is 12.1 Å². The highest BCUT2D eigenvalue weighted by molar-refractivity contribution is 6.30. The minimum absolute atomic E-state index is 0.107. The lowest BCUT2D eigenvalue weighted by Gasteiger charge is -2.06. The van der Waals surface area contributed by atoms with Crippen LogP contribution >= 0.6 is 11.6 Å². The SMILES string of the molecule is Cc1nccn1Cc1cc(-c2ccc(Cl)c(F)c2)cnn1. The Morgan fingerprint density at radius 3 is 2.81 bits per heavy atom. The van der Waals surface area contributed by atoms with E-state index in [1.807, 2.05) is 23.8 Å². The van der Waals surface area contributed by atoms with Crippen LogP contribution in [-0.4, -0.2) is 19.7 Å². The van der Waals surface area contributed by atoms with Crippen molar-refractivity contribution in [1.29, 1.82) is 0 Å². The van der Waals surface area contributed by atoms with Gasteiger partial charge in [0, 0.05) is 18.0 Å². The number of halogens is 2. The molecule has 0 radical (unpaired) electrons. The molecule has 4 nitrogen and oxygen atoms in total. The molecule has 21 heavy (non-hydrogen) atoms. The minimum Gasteiger partial charge on any atom is -0.329 e. The third-order valence-electron chi connectivity index (χ3n) is 3.21. The summed E-state index contributed by atoms with van der Waals surface area (Å²) >= 11 is 5.70. The molecule has 0 saturated heterocycles. The van der Waals surface area contributed by atoms with E-state index in [-0.39, 0.29) is 5.02 Å². The van der Waals surface area contributed by atoms with E-state index < -0.39 is 5.82 Å². The molecule has 0 fully saturated rings. The summed E-state index contributed by atoms with van der Waals surface area (Å²) in [5.74, 6) is 0.456. The third kappa shape index (κ3) is 2.92. The molecule has 3 rings (SSSR count). The Kier molecular flexibility index (Phi) is 3.66. The van der Waals surface area contributed by atoms with Crippen LogP contribution in [0.25, 0.3) is 11.1 Å². The molecular weight excluding hydrogens is 291 g/mol. The van der Waals surface area contributed by atoms with Gasteiger partial charge in [-0.3, -0.25) is 0 Å². The van der Waals surface area contributed by atoms with Gasteiger partial charge in [-0.1, -0.05) is 17.7 Å². The molecule has 2 aromatic heterocycles. The molecule has 3 aromatic rings. The molecule has 0 aliphatic carbocycles. The van der Waals surface area contributed by atoms with Gasteiger partial charge in [0.1, 0.15) is 11.6 Å². The topological polar surface area (TPSA) is 43.6 Å². The van der Waals surface area contributed by atoms with Gasteiger partial charge in [-0.15, -0.1) is 0 Å². The van der Waals surface area contributed by atoms with Gasteiger partial charge < -0.3 is 4.57 Å². The highest BCUT2D eigenvalue weighted by Gasteiger charge is 2.06. The number of hydrogen-bond acceptors (Lipinski definition) is 3. The molecule has 0 aliphatic rings. The Labute approximate surface area is 126 Å². The molecule has 0 amide bonds. The van der Waals surface area contributed by atoms with Crippen LogP contribution in [0.2, 0.25) is 5.02 Å². The molecule has 0 bridgehead atoms. The number of rotatable bonds is 3. The quantitative estimate of drug-likeness (QED) is 0.744. The van der Waals surface area contributed by atoms with Gasteiger partial charge in [-0.25, -0.2) is 9.37 Å². The average Bonchev–Trinajstić information content (AvgIpc) is 2.88. The molecule has 1 aromatic carbocycles. The molecule has 2 heterocycles. The van der Waals surface area contributed by atoms with Crippen molar-refractivity contribution in [3.8, 4) is 11.1 Å². The first-order valence-corrected chi connectivity index (χ1v) is 6.76. The molecule has 0 unspecified atom stereocenters. The van der Waals surface area contributed by atoms with Crippen LogP contribution in [0.4, 0.5) is 4.39 Å². The van der Waals surface area contributed by atoms with Gasteiger partial charge in [-0.2, -0.15) is 10.2 Å². The van der Waals surface area contributed by atoms with E-state index in [0.717, 1.165) is 22.6 Å². The normalized spacial score (nSPS) is 10.8. The highest BCUT2D eigenvalue weighted by Crippen LogP contribution is 2.24. The standard InChI is InChI=1S/C15H12ClFN4/c1-10-18-4-5-21(10)9-13-6-12(8-19-20-13)11-2-3-14(16)15(17)7-11/h2-8H,9H2,1H3. The Morgan fingerprint density at radius 2 is 2.10 bits per heavy atom. The summed E-state index contributed by atoms with van der Waals surface area (Å²) in [4.78, 5) is 4.17. The minimum atomic E-state index is -0.446. The van der Waals surface area contributed by atoms with Gasteiger partial charge in [0.2, 0.25) is 0 Å². The summed E-state index contributed by atoms with van der Waals surface area (Å²) in [6, 6.07) is 6.57. The molecular formula is C15H12ClFN4. The van der Waals surface area contributed by atoms with Gasteiger partial charge in [0.15, 0.2) is 0 Å². The van der Waals surface area contributed by atoms with Crippen LogP contribution in [-0.2, 0) is 6.54 Å². The average molecular weight is 303 g/mol. The number of nitrogens with zero attached hydrogens (tertiary/aromatic N) is 4. The number of imidazole rings is 1. The van der Waals surface area contributed by atoms with Crippen molar-refractivity contribution in [3.63, 3.8) is 0 Å². The van der Waals surface area contributed by atoms with Gasteiger partial charge in [-0.05, 0) is 30.7 Å². The molecule has 106 valence electrons. The van der Waals surface area contributed by atoms with Gasteiger partial charge >= 0.3 is 0 Å². The van der Waals surface area contributed by atoms with Crippen molar-refractivity contribution in [3.05, 3.63) is 65.2 Å².